The molecule has 1 aromatic carbocycles. The summed E-state index contributed by atoms with van der Waals surface area (Å²) >= 11 is 0. The second kappa shape index (κ2) is 4.61. The minimum atomic E-state index is 0.174. The van der Waals surface area contributed by atoms with Gasteiger partial charge in [-0.2, -0.15) is 5.10 Å². The molecule has 0 radical (unpaired) electrons. The van der Waals surface area contributed by atoms with Crippen LogP contribution in [0.3, 0.4) is 0 Å². The predicted molar refractivity (Wildman–Crippen MR) is 70.5 cm³/mol. The van der Waals surface area contributed by atoms with Gasteiger partial charge >= 0.3 is 0 Å². The molecule has 0 saturated carbocycles. The number of nitrogens with zero attached hydrogens (tertiary/aromatic N) is 3. The van der Waals surface area contributed by atoms with E-state index in [4.69, 9.17) is 4.74 Å². The van der Waals surface area contributed by atoms with Gasteiger partial charge in [-0.25, -0.2) is 9.50 Å². The zero-order valence-corrected chi connectivity index (χ0v) is 10.4. The molecule has 19 heavy (non-hydrogen) atoms. The van der Waals surface area contributed by atoms with Crippen molar-refractivity contribution < 1.29 is 9.84 Å². The van der Waals surface area contributed by atoms with E-state index in [1.165, 1.54) is 0 Å². The van der Waals surface area contributed by atoms with Crippen LogP contribution in [0.1, 0.15) is 11.4 Å². The number of methoxy groups -OCH3 is 1. The van der Waals surface area contributed by atoms with E-state index in [2.05, 4.69) is 10.1 Å². The molecule has 3 rings (SSSR count). The number of hydrogen-bond donors (Lipinski definition) is 1. The third-order valence-corrected chi connectivity index (χ3v) is 2.88. The number of pyridine rings is 1. The maximum atomic E-state index is 9.38. The van der Waals surface area contributed by atoms with Gasteiger partial charge in [0.05, 0.1) is 13.3 Å². The molecule has 0 fully saturated rings. The third kappa shape index (κ3) is 2.35. The molecule has 96 valence electrons. The molecule has 0 aliphatic rings. The number of rotatable bonds is 3. The highest BCUT2D eigenvalue weighted by Crippen LogP contribution is 2.15. The quantitative estimate of drug-likeness (QED) is 0.778. The van der Waals surface area contributed by atoms with E-state index in [-0.39, 0.29) is 5.75 Å². The van der Waals surface area contributed by atoms with Crippen molar-refractivity contribution >= 4 is 5.65 Å². The normalized spacial score (nSPS) is 10.8. The van der Waals surface area contributed by atoms with Crippen molar-refractivity contribution in [1.82, 2.24) is 14.6 Å². The van der Waals surface area contributed by atoms with Gasteiger partial charge in [0, 0.05) is 6.42 Å². The Morgan fingerprint density at radius 1 is 1.16 bits per heavy atom. The maximum Gasteiger partial charge on any atom is 0.156 e. The second-order valence-corrected chi connectivity index (χ2v) is 4.24. The lowest BCUT2D eigenvalue weighted by Crippen LogP contribution is -1.92. The monoisotopic (exact) mass is 255 g/mol. The van der Waals surface area contributed by atoms with E-state index in [9.17, 15) is 5.11 Å². The van der Waals surface area contributed by atoms with Crippen LogP contribution in [0.2, 0.25) is 0 Å². The van der Waals surface area contributed by atoms with Crippen molar-refractivity contribution in [3.05, 3.63) is 54.0 Å². The lowest BCUT2D eigenvalue weighted by Gasteiger charge is -2.00. The van der Waals surface area contributed by atoms with Crippen LogP contribution in [-0.2, 0) is 6.42 Å². The zero-order chi connectivity index (χ0) is 13.2. The fourth-order valence-corrected chi connectivity index (χ4v) is 1.92. The summed E-state index contributed by atoms with van der Waals surface area (Å²) < 4.78 is 6.70. The molecule has 5 nitrogen and oxygen atoms in total. The van der Waals surface area contributed by atoms with Gasteiger partial charge in [0.2, 0.25) is 0 Å². The Labute approximate surface area is 110 Å². The number of aromatic hydroxyl groups is 1. The molecule has 3 aromatic rings. The summed E-state index contributed by atoms with van der Waals surface area (Å²) in [5.74, 6) is 1.72. The number of benzene rings is 1. The van der Waals surface area contributed by atoms with E-state index in [0.29, 0.717) is 6.42 Å². The average Bonchev–Trinajstić information content (AvgIpc) is 2.81. The van der Waals surface area contributed by atoms with Crippen LogP contribution in [0.4, 0.5) is 0 Å². The fraction of sp³-hybridized carbons (Fsp3) is 0.143. The molecular weight excluding hydrogens is 242 g/mol. The van der Waals surface area contributed by atoms with Gasteiger partial charge in [-0.1, -0.05) is 12.1 Å². The maximum absolute atomic E-state index is 9.38. The predicted octanol–water partition coefficient (Wildman–Crippen LogP) is 2.03. The summed E-state index contributed by atoms with van der Waals surface area (Å²) in [6.07, 6.45) is 2.19. The van der Waals surface area contributed by atoms with Crippen LogP contribution in [0, 0.1) is 0 Å². The standard InChI is InChI=1S/C14H13N3O2/c1-19-12-5-2-10(3-6-12)8-13-15-14-7-4-11(18)9-17(14)16-13/h2-7,9,18H,8H2,1H3. The van der Waals surface area contributed by atoms with Crippen molar-refractivity contribution in [2.45, 2.75) is 6.42 Å². The van der Waals surface area contributed by atoms with Crippen molar-refractivity contribution in [2.24, 2.45) is 0 Å². The van der Waals surface area contributed by atoms with Gasteiger partial charge < -0.3 is 9.84 Å². The van der Waals surface area contributed by atoms with Crippen LogP contribution in [-0.4, -0.2) is 26.8 Å². The number of aromatic nitrogens is 3. The van der Waals surface area contributed by atoms with Crippen LogP contribution in [0.15, 0.2) is 42.6 Å². The van der Waals surface area contributed by atoms with Crippen molar-refractivity contribution in [3.63, 3.8) is 0 Å². The molecule has 0 bridgehead atoms. The summed E-state index contributed by atoms with van der Waals surface area (Å²) in [4.78, 5) is 4.40. The highest BCUT2D eigenvalue weighted by Gasteiger charge is 2.05. The molecule has 0 saturated heterocycles. The molecule has 5 heteroatoms. The van der Waals surface area contributed by atoms with Gasteiger partial charge in [0.25, 0.3) is 0 Å². The minimum Gasteiger partial charge on any atom is -0.506 e. The lowest BCUT2D eigenvalue weighted by atomic mass is 10.1. The van der Waals surface area contributed by atoms with E-state index in [0.717, 1.165) is 22.8 Å². The van der Waals surface area contributed by atoms with Crippen molar-refractivity contribution in [3.8, 4) is 11.5 Å². The van der Waals surface area contributed by atoms with Gasteiger partial charge in [0.15, 0.2) is 11.5 Å². The van der Waals surface area contributed by atoms with Gasteiger partial charge in [0.1, 0.15) is 11.5 Å². The Kier molecular flexibility index (Phi) is 2.79. The molecule has 0 aliphatic carbocycles. The molecule has 0 atom stereocenters. The van der Waals surface area contributed by atoms with Crippen LogP contribution >= 0.6 is 0 Å². The second-order valence-electron chi connectivity index (χ2n) is 4.24. The van der Waals surface area contributed by atoms with Gasteiger partial charge in [-0.15, -0.1) is 0 Å². The van der Waals surface area contributed by atoms with Gasteiger partial charge in [-0.3, -0.25) is 0 Å². The number of hydrogen-bond acceptors (Lipinski definition) is 4. The Morgan fingerprint density at radius 3 is 2.68 bits per heavy atom. The Hall–Kier alpha value is -2.56. The summed E-state index contributed by atoms with van der Waals surface area (Å²) in [5, 5.41) is 13.7. The van der Waals surface area contributed by atoms with Crippen LogP contribution in [0.25, 0.3) is 5.65 Å². The highest BCUT2D eigenvalue weighted by atomic mass is 16.5. The highest BCUT2D eigenvalue weighted by molar-refractivity contribution is 5.40. The molecule has 2 aromatic heterocycles. The SMILES string of the molecule is COc1ccc(Cc2nc3ccc(O)cn3n2)cc1. The molecule has 0 unspecified atom stereocenters. The van der Waals surface area contributed by atoms with Crippen LogP contribution in [0.5, 0.6) is 11.5 Å². The Bertz CT molecular complexity index is 704. The van der Waals surface area contributed by atoms with E-state index >= 15 is 0 Å². The van der Waals surface area contributed by atoms with Gasteiger partial charge in [-0.05, 0) is 29.8 Å². The first-order valence-electron chi connectivity index (χ1n) is 5.92. The molecular formula is C14H13N3O2. The first kappa shape index (κ1) is 11.5. The molecule has 0 spiro atoms. The van der Waals surface area contributed by atoms with E-state index < -0.39 is 0 Å². The minimum absolute atomic E-state index is 0.174. The van der Waals surface area contributed by atoms with Crippen molar-refractivity contribution in [1.29, 1.82) is 0 Å². The summed E-state index contributed by atoms with van der Waals surface area (Å²) in [6.45, 7) is 0. The first-order valence-corrected chi connectivity index (χ1v) is 5.92. The third-order valence-electron chi connectivity index (χ3n) is 2.88. The molecule has 2 heterocycles. The lowest BCUT2D eigenvalue weighted by molar-refractivity contribution is 0.414. The van der Waals surface area contributed by atoms with E-state index in [1.807, 2.05) is 24.3 Å². The molecule has 0 amide bonds. The largest absolute Gasteiger partial charge is 0.506 e. The topological polar surface area (TPSA) is 59.7 Å². The summed E-state index contributed by atoms with van der Waals surface area (Å²) in [7, 11) is 1.64. The Balaban J connectivity index is 1.87. The zero-order valence-electron chi connectivity index (χ0n) is 10.4. The fourth-order valence-electron chi connectivity index (χ4n) is 1.92. The number of ether oxygens (including phenoxy) is 1. The summed E-state index contributed by atoms with van der Waals surface area (Å²) in [5.41, 5.74) is 1.84. The first-order chi connectivity index (χ1) is 9.24. The molecule has 1 N–H and O–H groups in total. The Morgan fingerprint density at radius 2 is 1.95 bits per heavy atom. The number of fused-ring (bicyclic) bond motifs is 1. The molecule has 0 aliphatic heterocycles. The smallest absolute Gasteiger partial charge is 0.156 e. The van der Waals surface area contributed by atoms with Crippen LogP contribution < -0.4 is 4.74 Å². The summed E-state index contributed by atoms with van der Waals surface area (Å²) in [6, 6.07) is 11.1. The average molecular weight is 255 g/mol. The van der Waals surface area contributed by atoms with Crippen molar-refractivity contribution in [2.75, 3.05) is 7.11 Å². The van der Waals surface area contributed by atoms with E-state index in [1.54, 1.807) is 30.0 Å².